The maximum atomic E-state index is 14.0. The standard InChI is InChI=1S/C19H18F2N4O4/c1-12-16(21)10-13(11-17(12)25(28)29)18(26)23-6-8-24(9-7-23)19(27)22-15-4-2-14(20)3-5-15/h2-5,10-11H,6-9H2,1H3,(H,22,27). The van der Waals surface area contributed by atoms with Crippen molar-refractivity contribution in [3.63, 3.8) is 0 Å². The molecule has 0 aliphatic carbocycles. The van der Waals surface area contributed by atoms with Crippen LogP contribution in [0.4, 0.5) is 25.0 Å². The molecule has 1 heterocycles. The number of piperazine rings is 1. The van der Waals surface area contributed by atoms with Crippen LogP contribution < -0.4 is 5.32 Å². The van der Waals surface area contributed by atoms with Crippen LogP contribution in [0, 0.1) is 28.7 Å². The number of hydrogen-bond acceptors (Lipinski definition) is 4. The molecule has 3 amide bonds. The second-order valence-electron chi connectivity index (χ2n) is 6.58. The molecule has 29 heavy (non-hydrogen) atoms. The number of benzene rings is 2. The van der Waals surface area contributed by atoms with Crippen molar-refractivity contribution in [2.45, 2.75) is 6.92 Å². The first-order chi connectivity index (χ1) is 13.8. The summed E-state index contributed by atoms with van der Waals surface area (Å²) in [6.45, 7) is 2.13. The molecule has 1 aliphatic rings. The Morgan fingerprint density at radius 1 is 1.03 bits per heavy atom. The first-order valence-electron chi connectivity index (χ1n) is 8.81. The Kier molecular flexibility index (Phi) is 5.71. The van der Waals surface area contributed by atoms with Crippen molar-refractivity contribution >= 4 is 23.3 Å². The van der Waals surface area contributed by atoms with Crippen LogP contribution in [0.3, 0.4) is 0 Å². The largest absolute Gasteiger partial charge is 0.335 e. The SMILES string of the molecule is Cc1c(F)cc(C(=O)N2CCN(C(=O)Nc3ccc(F)cc3)CC2)cc1[N+](=O)[O-]. The Balaban J connectivity index is 1.63. The van der Waals surface area contributed by atoms with Gasteiger partial charge in [0.25, 0.3) is 11.6 Å². The number of anilines is 1. The Bertz CT molecular complexity index is 957. The molecule has 1 saturated heterocycles. The predicted octanol–water partition coefficient (Wildman–Crippen LogP) is 3.17. The molecule has 10 heteroatoms. The van der Waals surface area contributed by atoms with Crippen LogP contribution >= 0.6 is 0 Å². The molecular formula is C19H18F2N4O4. The topological polar surface area (TPSA) is 95.8 Å². The van der Waals surface area contributed by atoms with Crippen LogP contribution in [-0.2, 0) is 0 Å². The summed E-state index contributed by atoms with van der Waals surface area (Å²) in [6, 6.07) is 6.99. The van der Waals surface area contributed by atoms with Gasteiger partial charge < -0.3 is 15.1 Å². The van der Waals surface area contributed by atoms with Gasteiger partial charge in [-0.25, -0.2) is 13.6 Å². The monoisotopic (exact) mass is 404 g/mol. The molecular weight excluding hydrogens is 386 g/mol. The molecule has 0 unspecified atom stereocenters. The van der Waals surface area contributed by atoms with Crippen molar-refractivity contribution in [2.75, 3.05) is 31.5 Å². The Hall–Kier alpha value is -3.56. The first-order valence-corrected chi connectivity index (χ1v) is 8.81. The molecule has 0 saturated carbocycles. The third-order valence-corrected chi connectivity index (χ3v) is 4.71. The maximum Gasteiger partial charge on any atom is 0.321 e. The number of nitrogens with zero attached hydrogens (tertiary/aromatic N) is 3. The van der Waals surface area contributed by atoms with Gasteiger partial charge in [0.1, 0.15) is 11.6 Å². The number of hydrogen-bond donors (Lipinski definition) is 1. The van der Waals surface area contributed by atoms with Crippen molar-refractivity contribution in [2.24, 2.45) is 0 Å². The number of nitro groups is 1. The van der Waals surface area contributed by atoms with Gasteiger partial charge in [0, 0.05) is 43.5 Å². The van der Waals surface area contributed by atoms with E-state index in [1.165, 1.54) is 41.0 Å². The smallest absolute Gasteiger partial charge is 0.321 e. The quantitative estimate of drug-likeness (QED) is 0.628. The lowest BCUT2D eigenvalue weighted by Crippen LogP contribution is -2.51. The highest BCUT2D eigenvalue weighted by atomic mass is 19.1. The molecule has 2 aromatic rings. The van der Waals surface area contributed by atoms with Crippen LogP contribution in [0.2, 0.25) is 0 Å². The summed E-state index contributed by atoms with van der Waals surface area (Å²) in [4.78, 5) is 38.1. The van der Waals surface area contributed by atoms with E-state index in [4.69, 9.17) is 0 Å². The van der Waals surface area contributed by atoms with Crippen LogP contribution in [0.1, 0.15) is 15.9 Å². The number of rotatable bonds is 3. The normalized spacial score (nSPS) is 13.9. The number of halogens is 2. The molecule has 0 radical (unpaired) electrons. The number of carbonyl (C=O) groups excluding carboxylic acids is 2. The van der Waals surface area contributed by atoms with Gasteiger partial charge in [-0.2, -0.15) is 0 Å². The zero-order valence-corrected chi connectivity index (χ0v) is 15.5. The lowest BCUT2D eigenvalue weighted by atomic mass is 10.1. The highest BCUT2D eigenvalue weighted by molar-refractivity contribution is 5.95. The van der Waals surface area contributed by atoms with E-state index in [1.54, 1.807) is 0 Å². The molecule has 0 spiro atoms. The average molecular weight is 404 g/mol. The number of carbonyl (C=O) groups is 2. The van der Waals surface area contributed by atoms with Gasteiger partial charge >= 0.3 is 6.03 Å². The summed E-state index contributed by atoms with van der Waals surface area (Å²) in [5.74, 6) is -1.77. The van der Waals surface area contributed by atoms with E-state index in [2.05, 4.69) is 5.32 Å². The van der Waals surface area contributed by atoms with Gasteiger partial charge in [-0.15, -0.1) is 0 Å². The molecule has 0 bridgehead atoms. The van der Waals surface area contributed by atoms with Crippen LogP contribution in [0.25, 0.3) is 0 Å². The fourth-order valence-corrected chi connectivity index (χ4v) is 3.01. The molecule has 8 nitrogen and oxygen atoms in total. The Morgan fingerprint density at radius 3 is 2.21 bits per heavy atom. The van der Waals surface area contributed by atoms with Gasteiger partial charge in [0.2, 0.25) is 0 Å². The highest BCUT2D eigenvalue weighted by Crippen LogP contribution is 2.24. The maximum absolute atomic E-state index is 14.0. The number of nitro benzene ring substituents is 1. The van der Waals surface area contributed by atoms with Crippen molar-refractivity contribution in [1.82, 2.24) is 9.80 Å². The summed E-state index contributed by atoms with van der Waals surface area (Å²) >= 11 is 0. The molecule has 3 rings (SSSR count). The minimum Gasteiger partial charge on any atom is -0.335 e. The number of urea groups is 1. The molecule has 152 valence electrons. The fraction of sp³-hybridized carbons (Fsp3) is 0.263. The second kappa shape index (κ2) is 8.21. The summed E-state index contributed by atoms with van der Waals surface area (Å²) in [7, 11) is 0. The zero-order valence-electron chi connectivity index (χ0n) is 15.5. The summed E-state index contributed by atoms with van der Waals surface area (Å²) in [5, 5.41) is 13.7. The molecule has 1 N–H and O–H groups in total. The van der Waals surface area contributed by atoms with Crippen LogP contribution in [-0.4, -0.2) is 52.8 Å². The van der Waals surface area contributed by atoms with E-state index in [0.717, 1.165) is 12.1 Å². The van der Waals surface area contributed by atoms with Gasteiger partial charge in [-0.3, -0.25) is 14.9 Å². The van der Waals surface area contributed by atoms with Gasteiger partial charge in [0.15, 0.2) is 0 Å². The number of nitrogens with one attached hydrogen (secondary N) is 1. The molecule has 1 aliphatic heterocycles. The Morgan fingerprint density at radius 2 is 1.62 bits per heavy atom. The zero-order chi connectivity index (χ0) is 21.1. The van der Waals surface area contributed by atoms with Crippen molar-refractivity contribution in [3.05, 3.63) is 69.3 Å². The Labute approximate surface area is 164 Å². The lowest BCUT2D eigenvalue weighted by Gasteiger charge is -2.34. The van der Waals surface area contributed by atoms with E-state index in [0.29, 0.717) is 5.69 Å². The third-order valence-electron chi connectivity index (χ3n) is 4.71. The van der Waals surface area contributed by atoms with E-state index >= 15 is 0 Å². The molecule has 2 aromatic carbocycles. The summed E-state index contributed by atoms with van der Waals surface area (Å²) in [5.41, 5.74) is -0.249. The van der Waals surface area contributed by atoms with Crippen molar-refractivity contribution in [1.29, 1.82) is 0 Å². The van der Waals surface area contributed by atoms with Crippen molar-refractivity contribution in [3.8, 4) is 0 Å². The summed E-state index contributed by atoms with van der Waals surface area (Å²) in [6.07, 6.45) is 0. The van der Waals surface area contributed by atoms with Crippen molar-refractivity contribution < 1.29 is 23.3 Å². The lowest BCUT2D eigenvalue weighted by molar-refractivity contribution is -0.385. The average Bonchev–Trinajstić information content (AvgIpc) is 2.71. The molecule has 0 aromatic heterocycles. The second-order valence-corrected chi connectivity index (χ2v) is 6.58. The van der Waals surface area contributed by atoms with E-state index < -0.39 is 28.2 Å². The minimum atomic E-state index is -0.820. The van der Waals surface area contributed by atoms with Crippen LogP contribution in [0.15, 0.2) is 36.4 Å². The molecule has 0 atom stereocenters. The number of amides is 3. The summed E-state index contributed by atoms with van der Waals surface area (Å²) < 4.78 is 26.9. The van der Waals surface area contributed by atoms with Gasteiger partial charge in [0.05, 0.1) is 10.5 Å². The van der Waals surface area contributed by atoms with E-state index in [1.807, 2.05) is 0 Å². The van der Waals surface area contributed by atoms with Gasteiger partial charge in [-0.1, -0.05) is 0 Å². The third kappa shape index (κ3) is 4.48. The first kappa shape index (κ1) is 20.2. The minimum absolute atomic E-state index is 0.107. The van der Waals surface area contributed by atoms with E-state index in [-0.39, 0.29) is 43.3 Å². The van der Waals surface area contributed by atoms with E-state index in [9.17, 15) is 28.5 Å². The highest BCUT2D eigenvalue weighted by Gasteiger charge is 2.27. The van der Waals surface area contributed by atoms with Gasteiger partial charge in [-0.05, 0) is 37.3 Å². The molecule has 1 fully saturated rings. The predicted molar refractivity (Wildman–Crippen MR) is 101 cm³/mol. The fourth-order valence-electron chi connectivity index (χ4n) is 3.01. The van der Waals surface area contributed by atoms with Crippen LogP contribution in [0.5, 0.6) is 0 Å².